The molecule has 1 fully saturated rings. The van der Waals surface area contributed by atoms with Crippen molar-refractivity contribution in [3.8, 4) is 28.3 Å². The average Bonchev–Trinajstić information content (AvgIpc) is 3.36. The molecule has 1 saturated heterocycles. The lowest BCUT2D eigenvalue weighted by atomic mass is 9.74. The molecule has 0 aliphatic carbocycles. The highest BCUT2D eigenvalue weighted by atomic mass is 16.5. The molecular formula is C34H32N4O. The zero-order valence-electron chi connectivity index (χ0n) is 22.2. The van der Waals surface area contributed by atoms with E-state index in [2.05, 4.69) is 70.9 Å². The fourth-order valence-electron chi connectivity index (χ4n) is 6.23. The number of ether oxygens (including phenoxy) is 1. The summed E-state index contributed by atoms with van der Waals surface area (Å²) >= 11 is 0. The van der Waals surface area contributed by atoms with E-state index in [1.165, 1.54) is 29.7 Å². The van der Waals surface area contributed by atoms with Gasteiger partial charge < -0.3 is 10.1 Å². The third-order valence-corrected chi connectivity index (χ3v) is 8.48. The van der Waals surface area contributed by atoms with E-state index in [4.69, 9.17) is 14.7 Å². The molecule has 1 aromatic heterocycles. The second kappa shape index (κ2) is 9.83. The van der Waals surface area contributed by atoms with Crippen molar-refractivity contribution >= 4 is 16.7 Å². The first-order valence-electron chi connectivity index (χ1n) is 13.8. The highest BCUT2D eigenvalue weighted by molar-refractivity contribution is 5.86. The minimum atomic E-state index is 0.295. The summed E-state index contributed by atoms with van der Waals surface area (Å²) < 4.78 is 5.43. The van der Waals surface area contributed by atoms with Crippen LogP contribution in [0.5, 0.6) is 5.75 Å². The Bertz CT molecular complexity index is 1620. The van der Waals surface area contributed by atoms with Gasteiger partial charge in [-0.05, 0) is 55.3 Å². The van der Waals surface area contributed by atoms with Gasteiger partial charge in [-0.15, -0.1) is 0 Å². The number of anilines is 1. The maximum atomic E-state index is 5.43. The molecule has 5 aromatic rings. The van der Waals surface area contributed by atoms with Gasteiger partial charge in [-0.25, -0.2) is 9.97 Å². The van der Waals surface area contributed by atoms with Crippen molar-refractivity contribution in [1.82, 2.24) is 14.9 Å². The number of para-hydroxylation sites is 1. The second-order valence-corrected chi connectivity index (χ2v) is 10.8. The van der Waals surface area contributed by atoms with Crippen molar-refractivity contribution in [3.05, 3.63) is 108 Å². The summed E-state index contributed by atoms with van der Waals surface area (Å²) in [5, 5.41) is 3.64. The average molecular weight is 513 g/mol. The Morgan fingerprint density at radius 3 is 2.23 bits per heavy atom. The van der Waals surface area contributed by atoms with Crippen LogP contribution in [0.3, 0.4) is 0 Å². The first kappa shape index (κ1) is 23.9. The van der Waals surface area contributed by atoms with Crippen molar-refractivity contribution in [2.75, 3.05) is 32.1 Å². The number of likely N-dealkylation sites (tertiary alicyclic amines) is 1. The van der Waals surface area contributed by atoms with E-state index < -0.39 is 0 Å². The molecule has 0 bridgehead atoms. The molecule has 1 spiro atoms. The normalized spacial score (nSPS) is 16.2. The molecule has 194 valence electrons. The molecule has 39 heavy (non-hydrogen) atoms. The smallest absolute Gasteiger partial charge is 0.121 e. The standard InChI is InChI=1S/C34H32N4O/c1-39-27-15-16-30-31(21-27)37-32(25-7-3-2-4-8-25)33(36-30)26-13-11-24(12-14-26)22-38-19-17-34(18-20-38)23-35-29-10-6-5-9-28(29)34/h2-16,21,35H,17-20,22-23H2,1H3. The minimum Gasteiger partial charge on any atom is -0.497 e. The monoisotopic (exact) mass is 512 g/mol. The SMILES string of the molecule is COc1ccc2nc(-c3ccc(CN4CCC5(CC4)CNc4ccccc45)cc3)c(-c3ccccc3)nc2c1. The number of nitrogens with one attached hydrogen (secondary N) is 1. The number of fused-ring (bicyclic) bond motifs is 3. The Morgan fingerprint density at radius 1 is 0.769 bits per heavy atom. The molecule has 5 heteroatoms. The van der Waals surface area contributed by atoms with E-state index >= 15 is 0 Å². The number of methoxy groups -OCH3 is 1. The zero-order chi connectivity index (χ0) is 26.2. The Balaban J connectivity index is 1.13. The van der Waals surface area contributed by atoms with Crippen LogP contribution < -0.4 is 10.1 Å². The third kappa shape index (κ3) is 4.43. The Morgan fingerprint density at radius 2 is 1.46 bits per heavy atom. The Hall–Kier alpha value is -4.22. The van der Waals surface area contributed by atoms with Crippen molar-refractivity contribution in [2.24, 2.45) is 0 Å². The number of benzene rings is 4. The highest BCUT2D eigenvalue weighted by Gasteiger charge is 2.41. The number of piperidine rings is 1. The van der Waals surface area contributed by atoms with Gasteiger partial charge >= 0.3 is 0 Å². The summed E-state index contributed by atoms with van der Waals surface area (Å²) in [5.74, 6) is 0.782. The molecule has 0 unspecified atom stereocenters. The quantitative estimate of drug-likeness (QED) is 0.277. The second-order valence-electron chi connectivity index (χ2n) is 10.8. The van der Waals surface area contributed by atoms with E-state index in [1.807, 2.05) is 36.4 Å². The van der Waals surface area contributed by atoms with E-state index in [9.17, 15) is 0 Å². The van der Waals surface area contributed by atoms with Crippen LogP contribution in [0.25, 0.3) is 33.5 Å². The molecule has 3 heterocycles. The van der Waals surface area contributed by atoms with Crippen LogP contribution in [0.4, 0.5) is 5.69 Å². The molecule has 2 aliphatic heterocycles. The van der Waals surface area contributed by atoms with Crippen molar-refractivity contribution < 1.29 is 4.74 Å². The summed E-state index contributed by atoms with van der Waals surface area (Å²) in [5.41, 5.74) is 10.1. The van der Waals surface area contributed by atoms with Gasteiger partial charge in [0.2, 0.25) is 0 Å². The van der Waals surface area contributed by atoms with E-state index in [0.29, 0.717) is 5.41 Å². The number of hydrogen-bond acceptors (Lipinski definition) is 5. The van der Waals surface area contributed by atoms with E-state index in [1.54, 1.807) is 7.11 Å². The van der Waals surface area contributed by atoms with Crippen LogP contribution in [-0.4, -0.2) is 41.6 Å². The van der Waals surface area contributed by atoms with Gasteiger partial charge in [0.05, 0.1) is 29.5 Å². The molecule has 1 N–H and O–H groups in total. The third-order valence-electron chi connectivity index (χ3n) is 8.48. The Labute approximate surface area is 229 Å². The number of aromatic nitrogens is 2. The van der Waals surface area contributed by atoms with Gasteiger partial charge in [-0.1, -0.05) is 72.8 Å². The van der Waals surface area contributed by atoms with Gasteiger partial charge in [0.15, 0.2) is 0 Å². The summed E-state index contributed by atoms with van der Waals surface area (Å²) in [7, 11) is 1.68. The van der Waals surface area contributed by atoms with Crippen molar-refractivity contribution in [2.45, 2.75) is 24.8 Å². The largest absolute Gasteiger partial charge is 0.497 e. The minimum absolute atomic E-state index is 0.295. The number of hydrogen-bond donors (Lipinski definition) is 1. The number of nitrogens with zero attached hydrogens (tertiary/aromatic N) is 3. The summed E-state index contributed by atoms with van der Waals surface area (Å²) in [4.78, 5) is 12.7. The molecule has 4 aromatic carbocycles. The lowest BCUT2D eigenvalue weighted by Crippen LogP contribution is -2.43. The fourth-order valence-corrected chi connectivity index (χ4v) is 6.23. The Kier molecular flexibility index (Phi) is 6.01. The number of rotatable bonds is 5. The van der Waals surface area contributed by atoms with Gasteiger partial charge in [-0.2, -0.15) is 0 Å². The fraction of sp³-hybridized carbons (Fsp3) is 0.235. The van der Waals surface area contributed by atoms with E-state index in [-0.39, 0.29) is 0 Å². The first-order chi connectivity index (χ1) is 19.2. The topological polar surface area (TPSA) is 50.3 Å². The molecule has 0 saturated carbocycles. The van der Waals surface area contributed by atoms with Crippen LogP contribution in [0, 0.1) is 0 Å². The molecule has 7 rings (SSSR count). The molecule has 2 aliphatic rings. The molecular weight excluding hydrogens is 480 g/mol. The molecule has 0 atom stereocenters. The highest BCUT2D eigenvalue weighted by Crippen LogP contribution is 2.44. The maximum Gasteiger partial charge on any atom is 0.121 e. The van der Waals surface area contributed by atoms with Crippen LogP contribution in [0.1, 0.15) is 24.0 Å². The van der Waals surface area contributed by atoms with Gasteiger partial charge in [0, 0.05) is 41.4 Å². The van der Waals surface area contributed by atoms with Gasteiger partial charge in [0.1, 0.15) is 5.75 Å². The lowest BCUT2D eigenvalue weighted by Gasteiger charge is -2.39. The van der Waals surface area contributed by atoms with Crippen LogP contribution in [-0.2, 0) is 12.0 Å². The first-order valence-corrected chi connectivity index (χ1v) is 13.8. The molecule has 5 nitrogen and oxygen atoms in total. The van der Waals surface area contributed by atoms with Crippen molar-refractivity contribution in [3.63, 3.8) is 0 Å². The van der Waals surface area contributed by atoms with Crippen molar-refractivity contribution in [1.29, 1.82) is 0 Å². The maximum absolute atomic E-state index is 5.43. The molecule has 0 radical (unpaired) electrons. The summed E-state index contributed by atoms with van der Waals surface area (Å²) in [6.45, 7) is 4.28. The summed E-state index contributed by atoms with van der Waals surface area (Å²) in [6.07, 6.45) is 2.40. The van der Waals surface area contributed by atoms with Crippen LogP contribution >= 0.6 is 0 Å². The van der Waals surface area contributed by atoms with Crippen LogP contribution in [0.2, 0.25) is 0 Å². The zero-order valence-corrected chi connectivity index (χ0v) is 22.2. The predicted molar refractivity (Wildman–Crippen MR) is 158 cm³/mol. The summed E-state index contributed by atoms with van der Waals surface area (Å²) in [6, 6.07) is 33.9. The van der Waals surface area contributed by atoms with Crippen LogP contribution in [0.15, 0.2) is 97.1 Å². The lowest BCUT2D eigenvalue weighted by molar-refractivity contribution is 0.162. The van der Waals surface area contributed by atoms with Gasteiger partial charge in [-0.3, -0.25) is 4.90 Å². The van der Waals surface area contributed by atoms with Gasteiger partial charge in [0.25, 0.3) is 0 Å². The molecule has 0 amide bonds. The predicted octanol–water partition coefficient (Wildman–Crippen LogP) is 6.93. The van der Waals surface area contributed by atoms with E-state index in [0.717, 1.165) is 65.5 Å².